The number of rotatable bonds is 8. The van der Waals surface area contributed by atoms with Crippen LogP contribution in [0, 0.1) is 12.8 Å². The van der Waals surface area contributed by atoms with Crippen LogP contribution in [0.5, 0.6) is 0 Å². The highest BCUT2D eigenvalue weighted by atomic mass is 16.3. The molecule has 2 rings (SSSR count). The van der Waals surface area contributed by atoms with E-state index in [9.17, 15) is 5.11 Å². The van der Waals surface area contributed by atoms with E-state index in [4.69, 9.17) is 0 Å². The molecule has 5 nitrogen and oxygen atoms in total. The molecule has 5 heteroatoms. The molecular weight excluding hydrogens is 264 g/mol. The summed E-state index contributed by atoms with van der Waals surface area (Å²) in [5.41, 5.74) is 1.03. The molecule has 1 aromatic heterocycles. The van der Waals surface area contributed by atoms with Crippen LogP contribution in [0.3, 0.4) is 0 Å². The number of hydrogen-bond donors (Lipinski definition) is 3. The number of aliphatic hydroxyl groups excluding tert-OH is 1. The molecule has 0 radical (unpaired) electrons. The summed E-state index contributed by atoms with van der Waals surface area (Å²) in [5.74, 6) is 3.46. The molecule has 1 heterocycles. The van der Waals surface area contributed by atoms with E-state index < -0.39 is 0 Å². The van der Waals surface area contributed by atoms with Gasteiger partial charge in [0.05, 0.1) is 6.10 Å². The van der Waals surface area contributed by atoms with Gasteiger partial charge in [-0.15, -0.1) is 0 Å². The average molecular weight is 292 g/mol. The Morgan fingerprint density at radius 2 is 1.81 bits per heavy atom. The third kappa shape index (κ3) is 4.30. The summed E-state index contributed by atoms with van der Waals surface area (Å²) in [6.45, 7) is 9.64. The first kappa shape index (κ1) is 16.0. The molecule has 1 aliphatic carbocycles. The van der Waals surface area contributed by atoms with Gasteiger partial charge in [-0.3, -0.25) is 0 Å². The van der Waals surface area contributed by atoms with E-state index in [2.05, 4.69) is 27.5 Å². The Bertz CT molecular complexity index is 472. The van der Waals surface area contributed by atoms with Crippen molar-refractivity contribution in [2.24, 2.45) is 5.92 Å². The molecule has 1 saturated carbocycles. The highest BCUT2D eigenvalue weighted by Gasteiger charge is 2.28. The normalized spacial score (nSPS) is 16.1. The first-order valence-electron chi connectivity index (χ1n) is 8.07. The Morgan fingerprint density at radius 3 is 2.33 bits per heavy atom. The van der Waals surface area contributed by atoms with Crippen molar-refractivity contribution in [3.8, 4) is 0 Å². The summed E-state index contributed by atoms with van der Waals surface area (Å²) in [4.78, 5) is 9.33. The van der Waals surface area contributed by atoms with Crippen molar-refractivity contribution in [2.75, 3.05) is 23.7 Å². The van der Waals surface area contributed by atoms with E-state index >= 15 is 0 Å². The van der Waals surface area contributed by atoms with E-state index in [0.717, 1.165) is 36.0 Å². The number of nitrogens with one attached hydrogen (secondary N) is 2. The summed E-state index contributed by atoms with van der Waals surface area (Å²) in [6, 6.07) is 0. The predicted octanol–water partition coefficient (Wildman–Crippen LogP) is 2.91. The summed E-state index contributed by atoms with van der Waals surface area (Å²) in [7, 11) is 0. The first-order valence-corrected chi connectivity index (χ1v) is 8.07. The third-order valence-corrected chi connectivity index (χ3v) is 3.90. The SMILES string of the molecule is CCCNc1nc(C2CC2)nc(NCC(O)C(C)C)c1C. The third-order valence-electron chi connectivity index (χ3n) is 3.90. The largest absolute Gasteiger partial charge is 0.391 e. The molecule has 1 aromatic rings. The number of aliphatic hydroxyl groups is 1. The average Bonchev–Trinajstić information content (AvgIpc) is 3.29. The number of nitrogens with zero attached hydrogens (tertiary/aromatic N) is 2. The fourth-order valence-corrected chi connectivity index (χ4v) is 2.08. The quantitative estimate of drug-likeness (QED) is 0.687. The van der Waals surface area contributed by atoms with Crippen molar-refractivity contribution >= 4 is 11.6 Å². The molecule has 0 spiro atoms. The Morgan fingerprint density at radius 1 is 1.19 bits per heavy atom. The van der Waals surface area contributed by atoms with Gasteiger partial charge in [0.1, 0.15) is 17.5 Å². The Kier molecular flexibility index (Phi) is 5.39. The molecule has 0 bridgehead atoms. The Balaban J connectivity index is 2.15. The van der Waals surface area contributed by atoms with Crippen molar-refractivity contribution in [3.63, 3.8) is 0 Å². The lowest BCUT2D eigenvalue weighted by molar-refractivity contribution is 0.138. The van der Waals surface area contributed by atoms with Crippen LogP contribution in [0.25, 0.3) is 0 Å². The fraction of sp³-hybridized carbons (Fsp3) is 0.750. The van der Waals surface area contributed by atoms with Crippen molar-refractivity contribution in [3.05, 3.63) is 11.4 Å². The lowest BCUT2D eigenvalue weighted by atomic mass is 10.1. The second-order valence-corrected chi connectivity index (χ2v) is 6.30. The van der Waals surface area contributed by atoms with Gasteiger partial charge in [-0.05, 0) is 32.1 Å². The highest BCUT2D eigenvalue weighted by Crippen LogP contribution is 2.39. The zero-order valence-corrected chi connectivity index (χ0v) is 13.6. The highest BCUT2D eigenvalue weighted by molar-refractivity contribution is 5.57. The maximum atomic E-state index is 9.96. The van der Waals surface area contributed by atoms with Crippen LogP contribution in [-0.2, 0) is 0 Å². The minimum absolute atomic E-state index is 0.236. The molecule has 1 aliphatic rings. The molecule has 1 fully saturated rings. The lowest BCUT2D eigenvalue weighted by Gasteiger charge is -2.18. The van der Waals surface area contributed by atoms with Crippen molar-refractivity contribution in [2.45, 2.75) is 59.0 Å². The van der Waals surface area contributed by atoms with Gasteiger partial charge < -0.3 is 15.7 Å². The lowest BCUT2D eigenvalue weighted by Crippen LogP contribution is -2.25. The van der Waals surface area contributed by atoms with Gasteiger partial charge in [0.15, 0.2) is 0 Å². The first-order chi connectivity index (χ1) is 10.0. The van der Waals surface area contributed by atoms with Gasteiger partial charge in [-0.1, -0.05) is 20.8 Å². The molecule has 0 aliphatic heterocycles. The van der Waals surface area contributed by atoms with E-state index in [1.807, 2.05) is 20.8 Å². The van der Waals surface area contributed by atoms with E-state index in [1.54, 1.807) is 0 Å². The van der Waals surface area contributed by atoms with Gasteiger partial charge in [-0.2, -0.15) is 0 Å². The van der Waals surface area contributed by atoms with E-state index in [0.29, 0.717) is 12.5 Å². The minimum Gasteiger partial charge on any atom is -0.391 e. The summed E-state index contributed by atoms with van der Waals surface area (Å²) in [6.07, 6.45) is 3.07. The second kappa shape index (κ2) is 7.07. The van der Waals surface area contributed by atoms with Crippen LogP contribution in [0.4, 0.5) is 11.6 Å². The summed E-state index contributed by atoms with van der Waals surface area (Å²) < 4.78 is 0. The molecule has 0 amide bonds. The maximum absolute atomic E-state index is 9.96. The van der Waals surface area contributed by atoms with Gasteiger partial charge in [0.25, 0.3) is 0 Å². The van der Waals surface area contributed by atoms with Gasteiger partial charge in [-0.25, -0.2) is 9.97 Å². The molecule has 118 valence electrons. The maximum Gasteiger partial charge on any atom is 0.136 e. The van der Waals surface area contributed by atoms with E-state index in [1.165, 1.54) is 12.8 Å². The fourth-order valence-electron chi connectivity index (χ4n) is 2.08. The second-order valence-electron chi connectivity index (χ2n) is 6.30. The molecule has 1 unspecified atom stereocenters. The van der Waals surface area contributed by atoms with E-state index in [-0.39, 0.29) is 12.0 Å². The Hall–Kier alpha value is -1.36. The molecule has 0 saturated heterocycles. The molecular formula is C16H28N4O. The van der Waals surface area contributed by atoms with Gasteiger partial charge in [0.2, 0.25) is 0 Å². The predicted molar refractivity (Wildman–Crippen MR) is 86.9 cm³/mol. The van der Waals surface area contributed by atoms with Crippen LogP contribution in [-0.4, -0.2) is 34.3 Å². The molecule has 3 N–H and O–H groups in total. The van der Waals surface area contributed by atoms with Crippen LogP contribution in [0.2, 0.25) is 0 Å². The smallest absolute Gasteiger partial charge is 0.136 e. The van der Waals surface area contributed by atoms with Crippen LogP contribution in [0.15, 0.2) is 0 Å². The molecule has 1 atom stereocenters. The summed E-state index contributed by atoms with van der Waals surface area (Å²) in [5, 5.41) is 16.6. The van der Waals surface area contributed by atoms with Crippen molar-refractivity contribution in [1.82, 2.24) is 9.97 Å². The standard InChI is InChI=1S/C16H28N4O/c1-5-8-17-14-11(4)15(18-9-13(21)10(2)3)20-16(19-14)12-6-7-12/h10,12-13,21H,5-9H2,1-4H3,(H2,17,18,19,20). The topological polar surface area (TPSA) is 70.1 Å². The molecule has 21 heavy (non-hydrogen) atoms. The van der Waals surface area contributed by atoms with Crippen LogP contribution < -0.4 is 10.6 Å². The number of anilines is 2. The van der Waals surface area contributed by atoms with Crippen LogP contribution >= 0.6 is 0 Å². The molecule has 0 aromatic carbocycles. The minimum atomic E-state index is -0.365. The zero-order chi connectivity index (χ0) is 15.4. The number of aromatic nitrogens is 2. The van der Waals surface area contributed by atoms with Gasteiger partial charge >= 0.3 is 0 Å². The Labute approximate surface area is 127 Å². The van der Waals surface area contributed by atoms with Gasteiger partial charge in [0, 0.05) is 24.6 Å². The zero-order valence-electron chi connectivity index (χ0n) is 13.6. The van der Waals surface area contributed by atoms with Crippen LogP contribution in [0.1, 0.15) is 57.3 Å². The summed E-state index contributed by atoms with van der Waals surface area (Å²) >= 11 is 0. The van der Waals surface area contributed by atoms with Crippen molar-refractivity contribution in [1.29, 1.82) is 0 Å². The monoisotopic (exact) mass is 292 g/mol. The van der Waals surface area contributed by atoms with Crippen molar-refractivity contribution < 1.29 is 5.11 Å². The number of hydrogen-bond acceptors (Lipinski definition) is 5.